The Morgan fingerprint density at radius 2 is 1.73 bits per heavy atom. The SMILES string of the molecule is CCCc1cc2c(=O)c(-c3ccc4c(c3)OCCCO4)c(C)oc2cc1OC(=O)c1ccc(OC)cc1. The van der Waals surface area contributed by atoms with Gasteiger partial charge in [0.1, 0.15) is 22.8 Å². The van der Waals surface area contributed by atoms with Crippen molar-refractivity contribution in [3.05, 3.63) is 81.7 Å². The van der Waals surface area contributed by atoms with Gasteiger partial charge in [0.05, 0.1) is 36.8 Å². The molecule has 0 N–H and O–H groups in total. The molecule has 0 bridgehead atoms. The minimum atomic E-state index is -0.498. The summed E-state index contributed by atoms with van der Waals surface area (Å²) < 4.78 is 28.6. The number of aryl methyl sites for hydroxylation is 2. The third-order valence-corrected chi connectivity index (χ3v) is 6.33. The minimum absolute atomic E-state index is 0.154. The molecule has 37 heavy (non-hydrogen) atoms. The zero-order valence-corrected chi connectivity index (χ0v) is 21.1. The minimum Gasteiger partial charge on any atom is -0.497 e. The number of fused-ring (bicyclic) bond motifs is 2. The number of ether oxygens (including phenoxy) is 4. The van der Waals surface area contributed by atoms with Crippen LogP contribution in [0.25, 0.3) is 22.1 Å². The fraction of sp³-hybridized carbons (Fsp3) is 0.267. The molecule has 7 nitrogen and oxygen atoms in total. The molecule has 3 aromatic carbocycles. The van der Waals surface area contributed by atoms with E-state index in [0.717, 1.165) is 18.4 Å². The number of carbonyl (C=O) groups excluding carboxylic acids is 1. The molecule has 5 rings (SSSR count). The summed E-state index contributed by atoms with van der Waals surface area (Å²) in [4.78, 5) is 26.5. The molecule has 0 fully saturated rings. The first-order valence-electron chi connectivity index (χ1n) is 12.3. The first-order chi connectivity index (χ1) is 18.0. The summed E-state index contributed by atoms with van der Waals surface area (Å²) in [6, 6.07) is 15.6. The Bertz CT molecular complexity index is 1520. The van der Waals surface area contributed by atoms with E-state index in [-0.39, 0.29) is 5.43 Å². The molecule has 0 amide bonds. The maximum absolute atomic E-state index is 13.7. The molecule has 0 atom stereocenters. The van der Waals surface area contributed by atoms with Gasteiger partial charge >= 0.3 is 5.97 Å². The molecule has 7 heteroatoms. The zero-order chi connectivity index (χ0) is 25.9. The van der Waals surface area contributed by atoms with E-state index in [4.69, 9.17) is 23.4 Å². The van der Waals surface area contributed by atoms with E-state index in [1.807, 2.05) is 25.1 Å². The van der Waals surface area contributed by atoms with E-state index in [1.54, 1.807) is 50.4 Å². The Morgan fingerprint density at radius 3 is 2.46 bits per heavy atom. The van der Waals surface area contributed by atoms with Crippen LogP contribution in [0.3, 0.4) is 0 Å². The Balaban J connectivity index is 1.55. The summed E-state index contributed by atoms with van der Waals surface area (Å²) in [6.45, 7) is 4.93. The molecule has 0 unspecified atom stereocenters. The van der Waals surface area contributed by atoms with E-state index in [9.17, 15) is 9.59 Å². The van der Waals surface area contributed by atoms with Gasteiger partial charge in [-0.05, 0) is 66.9 Å². The summed E-state index contributed by atoms with van der Waals surface area (Å²) in [5.41, 5.74) is 2.53. The highest BCUT2D eigenvalue weighted by Gasteiger charge is 2.20. The molecule has 190 valence electrons. The number of esters is 1. The van der Waals surface area contributed by atoms with Crippen molar-refractivity contribution in [3.63, 3.8) is 0 Å². The smallest absolute Gasteiger partial charge is 0.343 e. The number of carbonyl (C=O) groups is 1. The molecule has 0 saturated heterocycles. The number of rotatable bonds is 6. The Hall–Kier alpha value is -4.26. The second-order valence-corrected chi connectivity index (χ2v) is 8.90. The molecule has 1 aliphatic heterocycles. The second-order valence-electron chi connectivity index (χ2n) is 8.90. The first-order valence-corrected chi connectivity index (χ1v) is 12.3. The van der Waals surface area contributed by atoms with Crippen molar-refractivity contribution in [1.29, 1.82) is 0 Å². The predicted molar refractivity (Wildman–Crippen MR) is 140 cm³/mol. The molecule has 4 aromatic rings. The molecule has 0 saturated carbocycles. The molecule has 0 aliphatic carbocycles. The normalized spacial score (nSPS) is 12.7. The van der Waals surface area contributed by atoms with Crippen LogP contribution in [0, 0.1) is 6.92 Å². The van der Waals surface area contributed by atoms with E-state index < -0.39 is 5.97 Å². The molecule has 1 aliphatic rings. The Morgan fingerprint density at radius 1 is 0.973 bits per heavy atom. The molecule has 0 radical (unpaired) electrons. The van der Waals surface area contributed by atoms with E-state index in [2.05, 4.69) is 0 Å². The lowest BCUT2D eigenvalue weighted by Crippen LogP contribution is -2.12. The van der Waals surface area contributed by atoms with Crippen LogP contribution in [0.5, 0.6) is 23.0 Å². The van der Waals surface area contributed by atoms with Gasteiger partial charge in [0.25, 0.3) is 0 Å². The molecule has 1 aromatic heterocycles. The van der Waals surface area contributed by atoms with Crippen molar-refractivity contribution in [2.24, 2.45) is 0 Å². The average molecular weight is 501 g/mol. The van der Waals surface area contributed by atoms with Crippen LogP contribution in [0.4, 0.5) is 0 Å². The maximum atomic E-state index is 13.7. The quantitative estimate of drug-likeness (QED) is 0.233. The van der Waals surface area contributed by atoms with Gasteiger partial charge in [0.15, 0.2) is 11.5 Å². The third kappa shape index (κ3) is 4.89. The Kier molecular flexibility index (Phi) is 6.86. The van der Waals surface area contributed by atoms with Gasteiger partial charge in [-0.2, -0.15) is 0 Å². The lowest BCUT2D eigenvalue weighted by Gasteiger charge is -2.14. The summed E-state index contributed by atoms with van der Waals surface area (Å²) in [5.74, 6) is 2.26. The highest BCUT2D eigenvalue weighted by Crippen LogP contribution is 2.36. The summed E-state index contributed by atoms with van der Waals surface area (Å²) >= 11 is 0. The number of benzene rings is 3. The van der Waals surface area contributed by atoms with Crippen molar-refractivity contribution in [2.45, 2.75) is 33.1 Å². The van der Waals surface area contributed by atoms with Crippen LogP contribution in [-0.4, -0.2) is 26.3 Å². The zero-order valence-electron chi connectivity index (χ0n) is 21.1. The van der Waals surface area contributed by atoms with Gasteiger partial charge in [0, 0.05) is 12.5 Å². The van der Waals surface area contributed by atoms with Crippen molar-refractivity contribution < 1.29 is 28.2 Å². The van der Waals surface area contributed by atoms with Gasteiger partial charge in [-0.3, -0.25) is 4.79 Å². The van der Waals surface area contributed by atoms with Crippen LogP contribution in [0.15, 0.2) is 63.8 Å². The van der Waals surface area contributed by atoms with Crippen molar-refractivity contribution in [3.8, 4) is 34.1 Å². The molecule has 0 spiro atoms. The summed E-state index contributed by atoms with van der Waals surface area (Å²) in [7, 11) is 1.57. The number of hydrogen-bond donors (Lipinski definition) is 0. The standard InChI is InChI=1S/C30H28O7/c1-4-6-20-15-23-26(17-25(20)37-30(32)19-7-10-22(33-3)11-8-19)36-18(2)28(29(23)31)21-9-12-24-27(16-21)35-14-5-13-34-24/h7-12,15-17H,4-6,13-14H2,1-3H3. The predicted octanol–water partition coefficient (Wildman–Crippen LogP) is 6.11. The third-order valence-electron chi connectivity index (χ3n) is 6.33. The van der Waals surface area contributed by atoms with E-state index in [0.29, 0.717) is 76.1 Å². The van der Waals surface area contributed by atoms with Crippen molar-refractivity contribution in [2.75, 3.05) is 20.3 Å². The topological polar surface area (TPSA) is 84.2 Å². The molecule has 2 heterocycles. The first kappa shape index (κ1) is 24.4. The fourth-order valence-electron chi connectivity index (χ4n) is 4.48. The van der Waals surface area contributed by atoms with Crippen molar-refractivity contribution >= 4 is 16.9 Å². The monoisotopic (exact) mass is 500 g/mol. The average Bonchev–Trinajstić information content (AvgIpc) is 3.15. The molecular weight excluding hydrogens is 472 g/mol. The highest BCUT2D eigenvalue weighted by atomic mass is 16.5. The Labute approximate surface area is 214 Å². The van der Waals surface area contributed by atoms with Crippen LogP contribution >= 0.6 is 0 Å². The largest absolute Gasteiger partial charge is 0.497 e. The van der Waals surface area contributed by atoms with Crippen molar-refractivity contribution in [1.82, 2.24) is 0 Å². The van der Waals surface area contributed by atoms with Gasteiger partial charge in [0.2, 0.25) is 5.43 Å². The van der Waals surface area contributed by atoms with Gasteiger partial charge in [-0.15, -0.1) is 0 Å². The van der Waals surface area contributed by atoms with Gasteiger partial charge in [-0.1, -0.05) is 19.4 Å². The lowest BCUT2D eigenvalue weighted by molar-refractivity contribution is 0.0733. The fourth-order valence-corrected chi connectivity index (χ4v) is 4.48. The maximum Gasteiger partial charge on any atom is 0.343 e. The molecular formula is C30H28O7. The van der Waals surface area contributed by atoms with Crippen LogP contribution < -0.4 is 24.4 Å². The van der Waals surface area contributed by atoms with Crippen LogP contribution in [0.1, 0.15) is 41.4 Å². The van der Waals surface area contributed by atoms with Gasteiger partial charge in [-0.25, -0.2) is 4.79 Å². The number of methoxy groups -OCH3 is 1. The highest BCUT2D eigenvalue weighted by molar-refractivity contribution is 5.92. The van der Waals surface area contributed by atoms with Crippen LogP contribution in [0.2, 0.25) is 0 Å². The van der Waals surface area contributed by atoms with Gasteiger partial charge < -0.3 is 23.4 Å². The summed E-state index contributed by atoms with van der Waals surface area (Å²) in [6.07, 6.45) is 2.24. The van der Waals surface area contributed by atoms with E-state index in [1.165, 1.54) is 0 Å². The van der Waals surface area contributed by atoms with E-state index >= 15 is 0 Å². The second kappa shape index (κ2) is 10.4. The number of hydrogen-bond acceptors (Lipinski definition) is 7. The van der Waals surface area contributed by atoms with Crippen LogP contribution in [-0.2, 0) is 6.42 Å². The lowest BCUT2D eigenvalue weighted by atomic mass is 9.99. The summed E-state index contributed by atoms with van der Waals surface area (Å²) in [5, 5.41) is 0.431.